The van der Waals surface area contributed by atoms with Gasteiger partial charge in [0.1, 0.15) is 12.1 Å². The number of aliphatic hydroxyl groups excluding tert-OH is 3. The van der Waals surface area contributed by atoms with Gasteiger partial charge in [-0.2, -0.15) is 4.98 Å². The second-order valence-corrected chi connectivity index (χ2v) is 5.79. The summed E-state index contributed by atoms with van der Waals surface area (Å²) in [7, 11) is 0. The third-order valence-electron chi connectivity index (χ3n) is 4.36. The molecule has 0 saturated heterocycles. The number of rotatable bonds is 4. The van der Waals surface area contributed by atoms with Crippen LogP contribution in [0.3, 0.4) is 0 Å². The van der Waals surface area contributed by atoms with E-state index in [1.54, 1.807) is 0 Å². The first-order valence-corrected chi connectivity index (χ1v) is 7.45. The summed E-state index contributed by atoms with van der Waals surface area (Å²) >= 11 is 0. The van der Waals surface area contributed by atoms with Crippen LogP contribution in [-0.2, 0) is 11.3 Å². The van der Waals surface area contributed by atoms with Crippen molar-refractivity contribution in [3.05, 3.63) is 33.5 Å². The third-order valence-corrected chi connectivity index (χ3v) is 4.36. The molecule has 1 aliphatic carbocycles. The largest absolute Gasteiger partial charge is 0.396 e. The van der Waals surface area contributed by atoms with Crippen LogP contribution < -0.4 is 17.0 Å². The number of nitrogen functional groups attached to an aromatic ring is 1. The van der Waals surface area contributed by atoms with Crippen LogP contribution in [0.25, 0.3) is 11.2 Å². The number of hydrogen-bond donors (Lipinski definition) is 5. The molecule has 0 aliphatic heterocycles. The number of aromatic amines is 1. The Kier molecular flexibility index (Phi) is 4.06. The molecule has 0 radical (unpaired) electrons. The molecule has 1 fully saturated rings. The van der Waals surface area contributed by atoms with Crippen LogP contribution in [0.1, 0.15) is 6.04 Å². The summed E-state index contributed by atoms with van der Waals surface area (Å²) < 4.78 is 1.86. The average Bonchev–Trinajstić information content (AvgIpc) is 2.92. The Labute approximate surface area is 139 Å². The molecule has 11 heteroatoms. The van der Waals surface area contributed by atoms with Crippen molar-refractivity contribution >= 4 is 22.9 Å². The second kappa shape index (κ2) is 5.95. The number of aromatic nitrogens is 4. The number of nitrogens with two attached hydrogens (primary N) is 1. The Morgan fingerprint density at radius 1 is 1.28 bits per heavy atom. The summed E-state index contributed by atoms with van der Waals surface area (Å²) in [5, 5.41) is 29.4. The lowest BCUT2D eigenvalue weighted by molar-refractivity contribution is -0.125. The SMILES string of the molecule is C=CCn1c(=O)n([C@H]2C(=O)[C@H](CO)[C@H](O)[C@@H]2O)c2nc(N)[nH]c(=O)c21. The molecule has 6 N–H and O–H groups in total. The van der Waals surface area contributed by atoms with E-state index in [0.29, 0.717) is 0 Å². The van der Waals surface area contributed by atoms with Gasteiger partial charge in [-0.3, -0.25) is 23.7 Å². The van der Waals surface area contributed by atoms with Crippen molar-refractivity contribution in [2.45, 2.75) is 24.8 Å². The monoisotopic (exact) mass is 351 g/mol. The first kappa shape index (κ1) is 17.1. The maximum absolute atomic E-state index is 12.8. The molecule has 1 aliphatic rings. The molecule has 0 bridgehead atoms. The average molecular weight is 351 g/mol. The van der Waals surface area contributed by atoms with Crippen LogP contribution in [0.2, 0.25) is 0 Å². The predicted octanol–water partition coefficient (Wildman–Crippen LogP) is -2.89. The maximum atomic E-state index is 12.8. The molecule has 4 atom stereocenters. The first-order valence-electron chi connectivity index (χ1n) is 7.45. The Hall–Kier alpha value is -2.76. The number of nitrogens with one attached hydrogen (secondary N) is 1. The number of carbonyl (C=O) groups excluding carboxylic acids is 1. The van der Waals surface area contributed by atoms with Crippen molar-refractivity contribution in [3.8, 4) is 0 Å². The fraction of sp³-hybridized carbons (Fsp3) is 0.429. The molecule has 11 nitrogen and oxygen atoms in total. The Morgan fingerprint density at radius 2 is 1.96 bits per heavy atom. The maximum Gasteiger partial charge on any atom is 0.331 e. The Bertz CT molecular complexity index is 972. The summed E-state index contributed by atoms with van der Waals surface area (Å²) in [4.78, 5) is 43.6. The van der Waals surface area contributed by atoms with Crippen LogP contribution >= 0.6 is 0 Å². The molecule has 0 aromatic carbocycles. The van der Waals surface area contributed by atoms with Crippen LogP contribution in [0.15, 0.2) is 22.2 Å². The van der Waals surface area contributed by atoms with Crippen molar-refractivity contribution in [1.82, 2.24) is 19.1 Å². The van der Waals surface area contributed by atoms with Gasteiger partial charge in [-0.25, -0.2) is 4.79 Å². The summed E-state index contributed by atoms with van der Waals surface area (Å²) in [6, 6.07) is -1.50. The lowest BCUT2D eigenvalue weighted by Gasteiger charge is -2.16. The van der Waals surface area contributed by atoms with Gasteiger partial charge < -0.3 is 21.1 Å². The highest BCUT2D eigenvalue weighted by Crippen LogP contribution is 2.32. The fourth-order valence-corrected chi connectivity index (χ4v) is 3.21. The van der Waals surface area contributed by atoms with Gasteiger partial charge in [0.15, 0.2) is 16.9 Å². The molecule has 2 heterocycles. The van der Waals surface area contributed by atoms with Crippen molar-refractivity contribution in [2.24, 2.45) is 5.92 Å². The van der Waals surface area contributed by atoms with Gasteiger partial charge in [-0.1, -0.05) is 6.08 Å². The quantitative estimate of drug-likeness (QED) is 0.364. The molecule has 2 aromatic rings. The zero-order valence-corrected chi connectivity index (χ0v) is 13.0. The minimum atomic E-state index is -1.65. The molecular formula is C14H17N5O6. The highest BCUT2D eigenvalue weighted by Gasteiger charge is 2.50. The normalized spacial score (nSPS) is 26.4. The minimum absolute atomic E-state index is 0.0417. The van der Waals surface area contributed by atoms with Crippen molar-refractivity contribution in [1.29, 1.82) is 0 Å². The highest BCUT2D eigenvalue weighted by molar-refractivity contribution is 5.90. The Morgan fingerprint density at radius 3 is 2.52 bits per heavy atom. The van der Waals surface area contributed by atoms with E-state index >= 15 is 0 Å². The number of nitrogens with zero attached hydrogens (tertiary/aromatic N) is 3. The molecule has 2 aromatic heterocycles. The van der Waals surface area contributed by atoms with Crippen molar-refractivity contribution in [2.75, 3.05) is 12.3 Å². The van der Waals surface area contributed by atoms with E-state index in [9.17, 15) is 29.7 Å². The van der Waals surface area contributed by atoms with Crippen LogP contribution in [0.5, 0.6) is 0 Å². The fourth-order valence-electron chi connectivity index (χ4n) is 3.21. The predicted molar refractivity (Wildman–Crippen MR) is 85.9 cm³/mol. The number of aliphatic hydroxyl groups is 3. The van der Waals surface area contributed by atoms with E-state index < -0.39 is 47.8 Å². The number of fused-ring (bicyclic) bond motifs is 1. The van der Waals surface area contributed by atoms with Gasteiger partial charge in [0.05, 0.1) is 18.6 Å². The summed E-state index contributed by atoms with van der Waals surface area (Å²) in [6.45, 7) is 2.78. The van der Waals surface area contributed by atoms with Gasteiger partial charge in [-0.15, -0.1) is 6.58 Å². The molecule has 3 rings (SSSR count). The minimum Gasteiger partial charge on any atom is -0.396 e. The molecule has 134 valence electrons. The molecule has 25 heavy (non-hydrogen) atoms. The van der Waals surface area contributed by atoms with Crippen molar-refractivity contribution < 1.29 is 20.1 Å². The molecule has 1 saturated carbocycles. The van der Waals surface area contributed by atoms with Gasteiger partial charge in [-0.05, 0) is 0 Å². The highest BCUT2D eigenvalue weighted by atomic mass is 16.3. The van der Waals surface area contributed by atoms with Crippen molar-refractivity contribution in [3.63, 3.8) is 0 Å². The van der Waals surface area contributed by atoms with Gasteiger partial charge in [0.25, 0.3) is 5.56 Å². The topological polar surface area (TPSA) is 176 Å². The summed E-state index contributed by atoms with van der Waals surface area (Å²) in [6.07, 6.45) is -1.82. The molecule has 0 amide bonds. The number of Topliss-reactive ketones (excluding diaryl/α,β-unsaturated/α-hetero) is 1. The smallest absolute Gasteiger partial charge is 0.331 e. The number of allylic oxidation sites excluding steroid dienone is 1. The second-order valence-electron chi connectivity index (χ2n) is 5.79. The first-order chi connectivity index (χ1) is 11.8. The summed E-state index contributed by atoms with van der Waals surface area (Å²) in [5.74, 6) is -2.26. The number of carbonyl (C=O) groups is 1. The number of imidazole rings is 1. The van der Waals surface area contributed by atoms with Gasteiger partial charge in [0.2, 0.25) is 5.95 Å². The van der Waals surface area contributed by atoms with Crippen LogP contribution in [0.4, 0.5) is 5.95 Å². The summed E-state index contributed by atoms with van der Waals surface area (Å²) in [5.41, 5.74) is 3.71. The van der Waals surface area contributed by atoms with E-state index in [1.165, 1.54) is 6.08 Å². The van der Waals surface area contributed by atoms with Crippen LogP contribution in [0, 0.1) is 5.92 Å². The van der Waals surface area contributed by atoms with E-state index in [-0.39, 0.29) is 23.7 Å². The van der Waals surface area contributed by atoms with Gasteiger partial charge in [0, 0.05) is 6.54 Å². The molecule has 0 spiro atoms. The molecular weight excluding hydrogens is 334 g/mol. The standard InChI is InChI=1S/C14H17N5O6/c1-2-3-18-7-11(16-13(15)17-12(7)24)19(14(18)25)6-8(21)5(4-20)9(22)10(6)23/h2,5-6,9-10,20,22-23H,1,3-4H2,(H3,15,16,17,24)/t5-,6-,9-,10+/m0/s1. The van der Waals surface area contributed by atoms with E-state index in [2.05, 4.69) is 16.5 Å². The third kappa shape index (κ3) is 2.32. The lowest BCUT2D eigenvalue weighted by Crippen LogP contribution is -2.36. The van der Waals surface area contributed by atoms with E-state index in [0.717, 1.165) is 9.13 Å². The van der Waals surface area contributed by atoms with E-state index in [1.807, 2.05) is 0 Å². The number of ketones is 1. The molecule has 0 unspecified atom stereocenters. The number of hydrogen-bond acceptors (Lipinski definition) is 8. The number of H-pyrrole nitrogens is 1. The lowest BCUT2D eigenvalue weighted by atomic mass is 10.1. The Balaban J connectivity index is 2.36. The van der Waals surface area contributed by atoms with Crippen LogP contribution in [-0.4, -0.2) is 59.0 Å². The zero-order valence-electron chi connectivity index (χ0n) is 13.0. The van der Waals surface area contributed by atoms with E-state index in [4.69, 9.17) is 5.73 Å². The number of anilines is 1. The van der Waals surface area contributed by atoms with Gasteiger partial charge >= 0.3 is 5.69 Å². The zero-order chi connectivity index (χ0) is 18.5.